The molecule has 0 spiro atoms. The number of rotatable bonds is 8. The van der Waals surface area contributed by atoms with Gasteiger partial charge in [-0.1, -0.05) is 0 Å². The van der Waals surface area contributed by atoms with Crippen LogP contribution >= 0.6 is 22.6 Å². The van der Waals surface area contributed by atoms with E-state index in [1.54, 1.807) is 19.1 Å². The first-order chi connectivity index (χ1) is 14.5. The number of halogens is 2. The van der Waals surface area contributed by atoms with Crippen molar-refractivity contribution in [1.82, 2.24) is 14.6 Å². The minimum absolute atomic E-state index is 0.0775. The Morgan fingerprint density at radius 3 is 2.52 bits per heavy atom. The fourth-order valence-electron chi connectivity index (χ4n) is 2.67. The molecule has 1 heterocycles. The first kappa shape index (κ1) is 25.8. The van der Waals surface area contributed by atoms with Crippen molar-refractivity contribution in [2.24, 2.45) is 7.05 Å². The first-order valence-electron chi connectivity index (χ1n) is 9.58. The quantitative estimate of drug-likeness (QED) is 0.200. The van der Waals surface area contributed by atoms with Crippen molar-refractivity contribution in [1.29, 1.82) is 0 Å². The molecule has 0 radical (unpaired) electrons. The van der Waals surface area contributed by atoms with E-state index in [2.05, 4.69) is 5.48 Å². The van der Waals surface area contributed by atoms with Gasteiger partial charge in [0.05, 0.1) is 0 Å². The molecule has 170 valence electrons. The van der Waals surface area contributed by atoms with E-state index in [9.17, 15) is 18.8 Å². The van der Waals surface area contributed by atoms with E-state index in [1.165, 1.54) is 17.7 Å². The molecule has 0 bridgehead atoms. The Balaban J connectivity index is 2.38. The summed E-state index contributed by atoms with van der Waals surface area (Å²) in [6.45, 7) is 7.74. The van der Waals surface area contributed by atoms with Crippen molar-refractivity contribution < 1.29 is 18.8 Å². The van der Waals surface area contributed by atoms with Crippen LogP contribution in [0.2, 0.25) is 0 Å². The molecule has 1 N–H and O–H groups in total. The number of ether oxygens (including phenoxy) is 1. The number of nitrogens with one attached hydrogen (secondary N) is 1. The van der Waals surface area contributed by atoms with Gasteiger partial charge in [0.15, 0.2) is 0 Å². The van der Waals surface area contributed by atoms with Gasteiger partial charge in [0, 0.05) is 0 Å². The fourth-order valence-corrected chi connectivity index (χ4v) is 5.69. The van der Waals surface area contributed by atoms with Gasteiger partial charge in [0.25, 0.3) is 0 Å². The van der Waals surface area contributed by atoms with Crippen LogP contribution in [0, 0.1) is 9.39 Å². The second kappa shape index (κ2) is 10.9. The van der Waals surface area contributed by atoms with Crippen molar-refractivity contribution in [2.45, 2.75) is 39.8 Å². The standard InChI is InChI=1S/C20H26AsFIN3O5/c1-6-26-18(28)15(17(27)24-31-10-9-30-20(2,3)4)16(25(5)19(26)29)21-13-8-7-12(23)11-14(13)22/h7-8,11,21H,6,9-10H2,1-5H3,(H,24,27). The number of hydroxylamine groups is 1. The molecular formula is C20H26AsFIN3O5. The molecule has 2 rings (SSSR count). The van der Waals surface area contributed by atoms with Crippen molar-refractivity contribution in [3.8, 4) is 0 Å². The molecule has 31 heavy (non-hydrogen) atoms. The number of hydrogen-bond acceptors (Lipinski definition) is 5. The van der Waals surface area contributed by atoms with Crippen molar-refractivity contribution in [2.75, 3.05) is 13.2 Å². The van der Waals surface area contributed by atoms with Gasteiger partial charge in [0.1, 0.15) is 0 Å². The van der Waals surface area contributed by atoms with Crippen LogP contribution in [0.25, 0.3) is 0 Å². The van der Waals surface area contributed by atoms with Crippen molar-refractivity contribution in [3.63, 3.8) is 0 Å². The Bertz CT molecular complexity index is 1080. The second-order valence-electron chi connectivity index (χ2n) is 7.60. The van der Waals surface area contributed by atoms with Crippen molar-refractivity contribution in [3.05, 3.63) is 54.0 Å². The number of nitrogens with zero attached hydrogens (tertiary/aromatic N) is 2. The Morgan fingerprint density at radius 2 is 1.94 bits per heavy atom. The zero-order chi connectivity index (χ0) is 23.3. The second-order valence-corrected chi connectivity index (χ2v) is 11.5. The topological polar surface area (TPSA) is 91.6 Å². The van der Waals surface area contributed by atoms with Crippen molar-refractivity contribution >= 4 is 53.1 Å². The maximum atomic E-state index is 14.4. The summed E-state index contributed by atoms with van der Waals surface area (Å²) in [5.41, 5.74) is 0.422. The molecule has 8 nitrogen and oxygen atoms in total. The number of aromatic nitrogens is 2. The van der Waals surface area contributed by atoms with Gasteiger partial charge in [-0.2, -0.15) is 0 Å². The van der Waals surface area contributed by atoms with Gasteiger partial charge in [-0.05, 0) is 0 Å². The molecule has 0 aliphatic rings. The summed E-state index contributed by atoms with van der Waals surface area (Å²) in [4.78, 5) is 43.5. The Kier molecular flexibility index (Phi) is 9.05. The molecule has 1 amide bonds. The van der Waals surface area contributed by atoms with E-state index in [-0.39, 0.29) is 35.4 Å². The van der Waals surface area contributed by atoms with E-state index >= 15 is 0 Å². The summed E-state index contributed by atoms with van der Waals surface area (Å²) in [5, 5.41) is 0. The third-order valence-corrected chi connectivity index (χ3v) is 7.97. The molecule has 1 aromatic heterocycles. The summed E-state index contributed by atoms with van der Waals surface area (Å²) in [5.74, 6) is -1.20. The number of carbonyl (C=O) groups excluding carboxylic acids is 1. The molecule has 0 fully saturated rings. The SMILES string of the molecule is CCn1c(=O)c(C(=O)NOCCOC(C)(C)C)c([AsH]c2ccc(I)cc2F)n(C)c1=O. The Hall–Kier alpha value is -1.49. The Labute approximate surface area is 199 Å². The fraction of sp³-hybridized carbons (Fsp3) is 0.450. The minimum atomic E-state index is -1.51. The van der Waals surface area contributed by atoms with Crippen LogP contribution in [0.3, 0.4) is 0 Å². The van der Waals surface area contributed by atoms with Crippen LogP contribution in [-0.2, 0) is 23.2 Å². The van der Waals surface area contributed by atoms with Crippen LogP contribution < -0.4 is 25.6 Å². The zero-order valence-corrected chi connectivity index (χ0v) is 22.3. The van der Waals surface area contributed by atoms with Crippen LogP contribution in [-0.4, -0.2) is 49.6 Å². The molecule has 0 saturated heterocycles. The molecular weight excluding hydrogens is 583 g/mol. The average Bonchev–Trinajstić information content (AvgIpc) is 2.67. The van der Waals surface area contributed by atoms with Gasteiger partial charge in [-0.3, -0.25) is 0 Å². The summed E-state index contributed by atoms with van der Waals surface area (Å²) in [6.07, 6.45) is 0. The Morgan fingerprint density at radius 1 is 1.26 bits per heavy atom. The van der Waals surface area contributed by atoms with Gasteiger partial charge in [-0.15, -0.1) is 0 Å². The van der Waals surface area contributed by atoms with E-state index in [4.69, 9.17) is 9.57 Å². The molecule has 2 aromatic rings. The summed E-state index contributed by atoms with van der Waals surface area (Å²) >= 11 is 0.487. The third-order valence-electron chi connectivity index (χ3n) is 4.16. The molecule has 0 saturated carbocycles. The van der Waals surface area contributed by atoms with E-state index in [0.29, 0.717) is 4.35 Å². The molecule has 1 atom stereocenters. The molecule has 1 unspecified atom stereocenters. The van der Waals surface area contributed by atoms with E-state index in [1.807, 2.05) is 43.4 Å². The first-order valence-corrected chi connectivity index (χ1v) is 12.8. The molecule has 1 aromatic carbocycles. The number of amides is 1. The number of benzene rings is 1. The van der Waals surface area contributed by atoms with Gasteiger partial charge in [0.2, 0.25) is 0 Å². The van der Waals surface area contributed by atoms with Gasteiger partial charge >= 0.3 is 201 Å². The van der Waals surface area contributed by atoms with E-state index < -0.39 is 38.7 Å². The van der Waals surface area contributed by atoms with Gasteiger partial charge in [-0.25, -0.2) is 0 Å². The predicted molar refractivity (Wildman–Crippen MR) is 126 cm³/mol. The summed E-state index contributed by atoms with van der Waals surface area (Å²) < 4.78 is 23.5. The number of hydrogen-bond donors (Lipinski definition) is 1. The van der Waals surface area contributed by atoms with Crippen LogP contribution in [0.5, 0.6) is 0 Å². The molecule has 0 aliphatic heterocycles. The average molecular weight is 609 g/mol. The molecule has 11 heteroatoms. The normalized spacial score (nSPS) is 12.0. The van der Waals surface area contributed by atoms with Crippen LogP contribution in [0.15, 0.2) is 27.8 Å². The zero-order valence-electron chi connectivity index (χ0n) is 18.0. The molecule has 0 aliphatic carbocycles. The summed E-state index contributed by atoms with van der Waals surface area (Å²) in [6, 6.07) is 4.74. The number of carbonyl (C=O) groups is 1. The van der Waals surface area contributed by atoms with Gasteiger partial charge < -0.3 is 0 Å². The van der Waals surface area contributed by atoms with Crippen LogP contribution in [0.4, 0.5) is 4.39 Å². The van der Waals surface area contributed by atoms with Crippen LogP contribution in [0.1, 0.15) is 38.1 Å². The third kappa shape index (κ3) is 6.74. The van der Waals surface area contributed by atoms with E-state index in [0.717, 1.165) is 8.14 Å². The summed E-state index contributed by atoms with van der Waals surface area (Å²) in [7, 11) is 1.48. The maximum absolute atomic E-state index is 14.4. The monoisotopic (exact) mass is 609 g/mol. The predicted octanol–water partition coefficient (Wildman–Crippen LogP) is 0.174.